The van der Waals surface area contributed by atoms with Crippen molar-refractivity contribution in [1.29, 1.82) is 0 Å². The van der Waals surface area contributed by atoms with Gasteiger partial charge in [-0.2, -0.15) is 0 Å². The summed E-state index contributed by atoms with van der Waals surface area (Å²) in [5.41, 5.74) is 2.71. The summed E-state index contributed by atoms with van der Waals surface area (Å²) in [7, 11) is 1.61. The Bertz CT molecular complexity index is 1070. The molecule has 2 aromatic heterocycles. The largest absolute Gasteiger partial charge is 0.497 e. The van der Waals surface area contributed by atoms with Crippen LogP contribution in [0.25, 0.3) is 22.9 Å². The van der Waals surface area contributed by atoms with Gasteiger partial charge in [0.05, 0.1) is 12.7 Å². The lowest BCUT2D eigenvalue weighted by molar-refractivity contribution is 0.102. The van der Waals surface area contributed by atoms with Crippen molar-refractivity contribution in [2.45, 2.75) is 0 Å². The molecule has 4 aromatic rings. The Morgan fingerprint density at radius 3 is 2.14 bits per heavy atom. The lowest BCUT2D eigenvalue weighted by atomic mass is 10.2. The van der Waals surface area contributed by atoms with Crippen molar-refractivity contribution in [3.8, 4) is 28.7 Å². The Balaban J connectivity index is 1.48. The van der Waals surface area contributed by atoms with Crippen LogP contribution in [0.15, 0.2) is 77.5 Å². The van der Waals surface area contributed by atoms with Gasteiger partial charge in [-0.3, -0.25) is 9.78 Å². The molecular weight excluding hydrogens is 356 g/mol. The van der Waals surface area contributed by atoms with E-state index in [2.05, 4.69) is 20.5 Å². The van der Waals surface area contributed by atoms with Crippen LogP contribution in [-0.2, 0) is 0 Å². The third kappa shape index (κ3) is 3.73. The van der Waals surface area contributed by atoms with Crippen molar-refractivity contribution in [2.75, 3.05) is 12.4 Å². The van der Waals surface area contributed by atoms with E-state index in [0.717, 1.165) is 16.9 Å². The van der Waals surface area contributed by atoms with Gasteiger partial charge in [-0.05, 0) is 60.7 Å². The number of nitrogens with one attached hydrogen (secondary N) is 1. The van der Waals surface area contributed by atoms with Crippen LogP contribution in [0.3, 0.4) is 0 Å². The second kappa shape index (κ2) is 7.71. The molecule has 1 N–H and O–H groups in total. The fraction of sp³-hybridized carbons (Fsp3) is 0.0476. The average molecular weight is 372 g/mol. The van der Waals surface area contributed by atoms with Crippen molar-refractivity contribution in [3.63, 3.8) is 0 Å². The van der Waals surface area contributed by atoms with E-state index in [1.807, 2.05) is 36.4 Å². The lowest BCUT2D eigenvalue weighted by Crippen LogP contribution is -2.11. The highest BCUT2D eigenvalue weighted by Gasteiger charge is 2.11. The zero-order chi connectivity index (χ0) is 19.3. The van der Waals surface area contributed by atoms with Crippen LogP contribution in [0.4, 0.5) is 5.69 Å². The highest BCUT2D eigenvalue weighted by Crippen LogP contribution is 2.26. The number of benzene rings is 2. The van der Waals surface area contributed by atoms with Crippen LogP contribution in [-0.4, -0.2) is 28.2 Å². The van der Waals surface area contributed by atoms with Crippen LogP contribution in [0.5, 0.6) is 5.75 Å². The highest BCUT2D eigenvalue weighted by molar-refractivity contribution is 6.04. The van der Waals surface area contributed by atoms with Crippen molar-refractivity contribution < 1.29 is 13.9 Å². The predicted octanol–water partition coefficient (Wildman–Crippen LogP) is 4.06. The molecular formula is C21H16N4O3. The first-order chi connectivity index (χ1) is 13.7. The number of hydrogen-bond donors (Lipinski definition) is 1. The number of carbonyl (C=O) groups is 1. The number of methoxy groups -OCH3 is 1. The quantitative estimate of drug-likeness (QED) is 0.568. The molecule has 7 heteroatoms. The fourth-order valence-corrected chi connectivity index (χ4v) is 2.59. The van der Waals surface area contributed by atoms with E-state index >= 15 is 0 Å². The summed E-state index contributed by atoms with van der Waals surface area (Å²) in [5, 5.41) is 11.0. The Morgan fingerprint density at radius 2 is 1.57 bits per heavy atom. The highest BCUT2D eigenvalue weighted by atomic mass is 16.5. The predicted molar refractivity (Wildman–Crippen MR) is 104 cm³/mol. The molecule has 0 saturated carbocycles. The first-order valence-corrected chi connectivity index (χ1v) is 8.53. The average Bonchev–Trinajstić information content (AvgIpc) is 3.25. The van der Waals surface area contributed by atoms with Gasteiger partial charge in [-0.1, -0.05) is 0 Å². The number of pyridine rings is 1. The Kier molecular flexibility index (Phi) is 4.79. The molecule has 0 atom stereocenters. The zero-order valence-corrected chi connectivity index (χ0v) is 15.0. The molecule has 0 aliphatic carbocycles. The van der Waals surface area contributed by atoms with Crippen molar-refractivity contribution >= 4 is 11.6 Å². The maximum Gasteiger partial charge on any atom is 0.257 e. The van der Waals surface area contributed by atoms with Crippen molar-refractivity contribution in [1.82, 2.24) is 15.2 Å². The topological polar surface area (TPSA) is 90.1 Å². The van der Waals surface area contributed by atoms with Gasteiger partial charge < -0.3 is 14.5 Å². The summed E-state index contributed by atoms with van der Waals surface area (Å²) in [5.74, 6) is 1.36. The molecule has 0 saturated heterocycles. The summed E-state index contributed by atoms with van der Waals surface area (Å²) >= 11 is 0. The zero-order valence-electron chi connectivity index (χ0n) is 15.0. The smallest absolute Gasteiger partial charge is 0.257 e. The van der Waals surface area contributed by atoms with Crippen LogP contribution in [0.1, 0.15) is 10.4 Å². The third-order valence-electron chi connectivity index (χ3n) is 4.08. The molecule has 0 bridgehead atoms. The number of hydrogen-bond acceptors (Lipinski definition) is 6. The van der Waals surface area contributed by atoms with E-state index < -0.39 is 0 Å². The van der Waals surface area contributed by atoms with Gasteiger partial charge in [0, 0.05) is 29.2 Å². The minimum absolute atomic E-state index is 0.222. The number of aromatic nitrogens is 3. The maximum atomic E-state index is 12.2. The molecule has 0 radical (unpaired) electrons. The van der Waals surface area contributed by atoms with Gasteiger partial charge in [0.15, 0.2) is 0 Å². The summed E-state index contributed by atoms with van der Waals surface area (Å²) in [6.07, 6.45) is 3.14. The standard InChI is InChI=1S/C21H16N4O3/c1-27-18-10-6-15(7-11-18)21-25-24-20(28-21)14-4-8-17(9-5-14)23-19(26)16-3-2-12-22-13-16/h2-13H,1H3,(H,23,26). The minimum atomic E-state index is -0.222. The van der Waals surface area contributed by atoms with E-state index in [1.54, 1.807) is 37.6 Å². The molecule has 0 fully saturated rings. The van der Waals surface area contributed by atoms with Gasteiger partial charge in [0.1, 0.15) is 5.75 Å². The Morgan fingerprint density at radius 1 is 0.929 bits per heavy atom. The third-order valence-corrected chi connectivity index (χ3v) is 4.08. The number of nitrogens with zero attached hydrogens (tertiary/aromatic N) is 3. The van der Waals surface area contributed by atoms with Gasteiger partial charge >= 0.3 is 0 Å². The maximum absolute atomic E-state index is 12.2. The minimum Gasteiger partial charge on any atom is -0.497 e. The van der Waals surface area contributed by atoms with E-state index in [4.69, 9.17) is 9.15 Å². The molecule has 2 aromatic carbocycles. The first-order valence-electron chi connectivity index (χ1n) is 8.53. The summed E-state index contributed by atoms with van der Waals surface area (Å²) in [6, 6.07) is 18.0. The Hall–Kier alpha value is -4.00. The molecule has 0 aliphatic rings. The molecule has 28 heavy (non-hydrogen) atoms. The number of amides is 1. The Labute approximate surface area is 161 Å². The van der Waals surface area contributed by atoms with Gasteiger partial charge in [-0.25, -0.2) is 0 Å². The molecule has 0 aliphatic heterocycles. The molecule has 1 amide bonds. The second-order valence-electron chi connectivity index (χ2n) is 5.91. The van der Waals surface area contributed by atoms with Crippen LogP contribution >= 0.6 is 0 Å². The molecule has 4 rings (SSSR count). The van der Waals surface area contributed by atoms with Crippen LogP contribution < -0.4 is 10.1 Å². The first kappa shape index (κ1) is 17.4. The van der Waals surface area contributed by atoms with Crippen LogP contribution in [0, 0.1) is 0 Å². The normalized spacial score (nSPS) is 10.5. The molecule has 0 spiro atoms. The fourth-order valence-electron chi connectivity index (χ4n) is 2.59. The van der Waals surface area contributed by atoms with E-state index in [1.165, 1.54) is 6.20 Å². The summed E-state index contributed by atoms with van der Waals surface area (Å²) in [6.45, 7) is 0. The van der Waals surface area contributed by atoms with E-state index in [0.29, 0.717) is 23.0 Å². The van der Waals surface area contributed by atoms with E-state index in [-0.39, 0.29) is 5.91 Å². The summed E-state index contributed by atoms with van der Waals surface area (Å²) < 4.78 is 10.9. The number of rotatable bonds is 5. The molecule has 0 unspecified atom stereocenters. The SMILES string of the molecule is COc1ccc(-c2nnc(-c3ccc(NC(=O)c4cccnc4)cc3)o2)cc1. The van der Waals surface area contributed by atoms with E-state index in [9.17, 15) is 4.79 Å². The van der Waals surface area contributed by atoms with Gasteiger partial charge in [-0.15, -0.1) is 10.2 Å². The molecule has 138 valence electrons. The van der Waals surface area contributed by atoms with Crippen LogP contribution in [0.2, 0.25) is 0 Å². The second-order valence-corrected chi connectivity index (χ2v) is 5.91. The molecule has 2 heterocycles. The lowest BCUT2D eigenvalue weighted by Gasteiger charge is -2.05. The number of carbonyl (C=O) groups excluding carboxylic acids is 1. The number of ether oxygens (including phenoxy) is 1. The van der Waals surface area contributed by atoms with Crippen molar-refractivity contribution in [3.05, 3.63) is 78.6 Å². The molecule has 7 nitrogen and oxygen atoms in total. The van der Waals surface area contributed by atoms with Gasteiger partial charge in [0.25, 0.3) is 5.91 Å². The summed E-state index contributed by atoms with van der Waals surface area (Å²) in [4.78, 5) is 16.1. The number of anilines is 1. The van der Waals surface area contributed by atoms with Crippen molar-refractivity contribution in [2.24, 2.45) is 0 Å². The monoisotopic (exact) mass is 372 g/mol. The van der Waals surface area contributed by atoms with Gasteiger partial charge in [0.2, 0.25) is 11.8 Å².